The fourth-order valence-corrected chi connectivity index (χ4v) is 3.37. The largest absolute Gasteiger partial charge is 0.481 e. The molecule has 1 aromatic heterocycles. The topological polar surface area (TPSA) is 76.2 Å². The zero-order valence-corrected chi connectivity index (χ0v) is 13.1. The molecular weight excluding hydrogens is 336 g/mol. The second-order valence-corrected chi connectivity index (χ2v) is 6.51. The number of nitrogens with zero attached hydrogens (tertiary/aromatic N) is 2. The van der Waals surface area contributed by atoms with Gasteiger partial charge in [-0.3, -0.25) is 4.79 Å². The quantitative estimate of drug-likeness (QED) is 0.912. The first-order valence-electron chi connectivity index (χ1n) is 6.87. The van der Waals surface area contributed by atoms with Gasteiger partial charge in [-0.1, -0.05) is 40.1 Å². The highest BCUT2D eigenvalue weighted by Gasteiger charge is 2.41. The van der Waals surface area contributed by atoms with Crippen molar-refractivity contribution < 1.29 is 14.4 Å². The second-order valence-electron chi connectivity index (χ2n) is 5.59. The van der Waals surface area contributed by atoms with Crippen LogP contribution < -0.4 is 0 Å². The van der Waals surface area contributed by atoms with Crippen LogP contribution in [0.15, 0.2) is 33.3 Å². The highest BCUT2D eigenvalue weighted by atomic mass is 79.9. The molecule has 3 atom stereocenters. The molecule has 110 valence electrons. The molecule has 1 aromatic carbocycles. The summed E-state index contributed by atoms with van der Waals surface area (Å²) in [5, 5.41) is 13.3. The maximum atomic E-state index is 11.4. The Kier molecular flexibility index (Phi) is 3.80. The molecule has 0 aliphatic heterocycles. The van der Waals surface area contributed by atoms with Gasteiger partial charge >= 0.3 is 5.97 Å². The van der Waals surface area contributed by atoms with E-state index in [1.165, 1.54) is 0 Å². The van der Waals surface area contributed by atoms with Crippen LogP contribution in [0.25, 0.3) is 11.4 Å². The number of hydrogen-bond donors (Lipinski definition) is 1. The van der Waals surface area contributed by atoms with Gasteiger partial charge in [0.15, 0.2) is 0 Å². The van der Waals surface area contributed by atoms with Gasteiger partial charge in [0.1, 0.15) is 0 Å². The lowest BCUT2D eigenvalue weighted by Crippen LogP contribution is -2.17. The van der Waals surface area contributed by atoms with Gasteiger partial charge < -0.3 is 9.63 Å². The van der Waals surface area contributed by atoms with E-state index in [1.54, 1.807) is 0 Å². The Hall–Kier alpha value is -1.69. The van der Waals surface area contributed by atoms with Crippen molar-refractivity contribution in [2.24, 2.45) is 11.8 Å². The molecule has 0 amide bonds. The predicted octanol–water partition coefficient (Wildman–Crippen LogP) is 3.71. The number of carboxylic acid groups (broad SMARTS) is 1. The Labute approximate surface area is 130 Å². The maximum absolute atomic E-state index is 11.4. The van der Waals surface area contributed by atoms with Crippen molar-refractivity contribution in [2.45, 2.75) is 25.7 Å². The highest BCUT2D eigenvalue weighted by molar-refractivity contribution is 9.10. The average molecular weight is 351 g/mol. The van der Waals surface area contributed by atoms with Crippen LogP contribution in [0.1, 0.15) is 31.6 Å². The van der Waals surface area contributed by atoms with E-state index in [4.69, 9.17) is 4.52 Å². The van der Waals surface area contributed by atoms with E-state index in [9.17, 15) is 9.90 Å². The number of carboxylic acids is 1. The summed E-state index contributed by atoms with van der Waals surface area (Å²) >= 11 is 3.41. The summed E-state index contributed by atoms with van der Waals surface area (Å²) in [5.41, 5.74) is 0.845. The number of carbonyl (C=O) groups is 1. The van der Waals surface area contributed by atoms with Crippen molar-refractivity contribution in [3.8, 4) is 11.4 Å². The molecule has 2 aromatic rings. The minimum absolute atomic E-state index is 0.189. The number of halogens is 1. The first kappa shape index (κ1) is 14.3. The third-order valence-corrected chi connectivity index (χ3v) is 4.45. The van der Waals surface area contributed by atoms with Crippen LogP contribution in [0, 0.1) is 11.8 Å². The third-order valence-electron chi connectivity index (χ3n) is 3.96. The fourth-order valence-electron chi connectivity index (χ4n) is 2.97. The van der Waals surface area contributed by atoms with Gasteiger partial charge in [-0.25, -0.2) is 0 Å². The van der Waals surface area contributed by atoms with Crippen molar-refractivity contribution in [3.05, 3.63) is 34.6 Å². The van der Waals surface area contributed by atoms with Crippen molar-refractivity contribution in [1.82, 2.24) is 10.1 Å². The summed E-state index contributed by atoms with van der Waals surface area (Å²) in [6.07, 6.45) is 1.44. The Bertz CT molecular complexity index is 670. The lowest BCUT2D eigenvalue weighted by atomic mass is 9.96. The summed E-state index contributed by atoms with van der Waals surface area (Å²) in [5.74, 6) is -0.123. The van der Waals surface area contributed by atoms with Gasteiger partial charge in [0.05, 0.1) is 11.8 Å². The third kappa shape index (κ3) is 2.85. The minimum Gasteiger partial charge on any atom is -0.481 e. The second kappa shape index (κ2) is 5.60. The summed E-state index contributed by atoms with van der Waals surface area (Å²) in [7, 11) is 0. The molecule has 0 radical (unpaired) electrons. The normalized spacial score (nSPS) is 25.1. The first-order valence-corrected chi connectivity index (χ1v) is 7.66. The molecule has 1 fully saturated rings. The lowest BCUT2D eigenvalue weighted by molar-refractivity contribution is -0.142. The van der Waals surface area contributed by atoms with Crippen molar-refractivity contribution >= 4 is 21.9 Å². The van der Waals surface area contributed by atoms with E-state index >= 15 is 0 Å². The Balaban J connectivity index is 1.89. The van der Waals surface area contributed by atoms with Gasteiger partial charge in [0.2, 0.25) is 11.7 Å². The molecular formula is C15H15BrN2O3. The van der Waals surface area contributed by atoms with Gasteiger partial charge in [0.25, 0.3) is 0 Å². The molecule has 5 nitrogen and oxygen atoms in total. The van der Waals surface area contributed by atoms with E-state index in [1.807, 2.05) is 24.3 Å². The highest BCUT2D eigenvalue weighted by Crippen LogP contribution is 2.42. The molecule has 21 heavy (non-hydrogen) atoms. The molecule has 1 heterocycles. The van der Waals surface area contributed by atoms with Gasteiger partial charge in [-0.15, -0.1) is 0 Å². The van der Waals surface area contributed by atoms with Crippen LogP contribution >= 0.6 is 15.9 Å². The van der Waals surface area contributed by atoms with Gasteiger partial charge in [-0.2, -0.15) is 4.98 Å². The number of rotatable bonds is 3. The van der Waals surface area contributed by atoms with E-state index in [-0.39, 0.29) is 5.92 Å². The molecule has 3 rings (SSSR count). The van der Waals surface area contributed by atoms with E-state index in [2.05, 4.69) is 33.0 Å². The molecule has 0 spiro atoms. The van der Waals surface area contributed by atoms with Crippen LogP contribution in [0.3, 0.4) is 0 Å². The standard InChI is InChI=1S/C15H15BrN2O3/c1-8-5-11(12(6-8)15(19)20)14-17-13(18-21-14)9-3-2-4-10(16)7-9/h2-4,7-8,11-12H,5-6H2,1H3,(H,19,20). The zero-order valence-electron chi connectivity index (χ0n) is 11.5. The Morgan fingerprint density at radius 2 is 2.24 bits per heavy atom. The lowest BCUT2D eigenvalue weighted by Gasteiger charge is -2.09. The number of benzene rings is 1. The smallest absolute Gasteiger partial charge is 0.307 e. The van der Waals surface area contributed by atoms with Crippen LogP contribution in [0.5, 0.6) is 0 Å². The van der Waals surface area contributed by atoms with Crippen LogP contribution in [-0.2, 0) is 4.79 Å². The molecule has 1 aliphatic carbocycles. The average Bonchev–Trinajstić information content (AvgIpc) is 3.04. The van der Waals surface area contributed by atoms with Crippen molar-refractivity contribution in [3.63, 3.8) is 0 Å². The first-order chi connectivity index (χ1) is 10.0. The number of aliphatic carboxylic acids is 1. The number of aromatic nitrogens is 2. The summed E-state index contributed by atoms with van der Waals surface area (Å²) < 4.78 is 6.27. The van der Waals surface area contributed by atoms with Gasteiger partial charge in [0, 0.05) is 10.0 Å². The molecule has 1 saturated carbocycles. The molecule has 0 bridgehead atoms. The summed E-state index contributed by atoms with van der Waals surface area (Å²) in [6.45, 7) is 2.06. The number of hydrogen-bond acceptors (Lipinski definition) is 4. The van der Waals surface area contributed by atoms with E-state index in [0.29, 0.717) is 24.1 Å². The van der Waals surface area contributed by atoms with E-state index in [0.717, 1.165) is 16.5 Å². The Morgan fingerprint density at radius 1 is 1.43 bits per heavy atom. The monoisotopic (exact) mass is 350 g/mol. The van der Waals surface area contributed by atoms with Gasteiger partial charge in [-0.05, 0) is 30.9 Å². The zero-order chi connectivity index (χ0) is 15.0. The van der Waals surface area contributed by atoms with Crippen LogP contribution in [-0.4, -0.2) is 21.2 Å². The minimum atomic E-state index is -0.786. The predicted molar refractivity (Wildman–Crippen MR) is 79.7 cm³/mol. The molecule has 0 saturated heterocycles. The summed E-state index contributed by atoms with van der Waals surface area (Å²) in [6, 6.07) is 7.61. The maximum Gasteiger partial charge on any atom is 0.307 e. The molecule has 6 heteroatoms. The molecule has 1 N–H and O–H groups in total. The SMILES string of the molecule is CC1CC(C(=O)O)C(c2nc(-c3cccc(Br)c3)no2)C1. The van der Waals surface area contributed by atoms with Crippen molar-refractivity contribution in [2.75, 3.05) is 0 Å². The van der Waals surface area contributed by atoms with E-state index < -0.39 is 11.9 Å². The van der Waals surface area contributed by atoms with Crippen LogP contribution in [0.4, 0.5) is 0 Å². The molecule has 3 unspecified atom stereocenters. The molecule has 1 aliphatic rings. The van der Waals surface area contributed by atoms with Crippen LogP contribution in [0.2, 0.25) is 0 Å². The fraction of sp³-hybridized carbons (Fsp3) is 0.400. The summed E-state index contributed by atoms with van der Waals surface area (Å²) in [4.78, 5) is 15.8. The Morgan fingerprint density at radius 3 is 2.95 bits per heavy atom. The van der Waals surface area contributed by atoms with Crippen molar-refractivity contribution in [1.29, 1.82) is 0 Å².